The number of ether oxygens (including phenoxy) is 3. The predicted molar refractivity (Wildman–Crippen MR) is 121 cm³/mol. The summed E-state index contributed by atoms with van der Waals surface area (Å²) in [5.74, 6) is -0.0265. The van der Waals surface area contributed by atoms with Crippen LogP contribution in [0.15, 0.2) is 35.5 Å². The largest absolute Gasteiger partial charge is 0.494 e. The highest BCUT2D eigenvalue weighted by Crippen LogP contribution is 2.30. The van der Waals surface area contributed by atoms with E-state index in [-0.39, 0.29) is 24.5 Å². The molecule has 9 nitrogen and oxygen atoms in total. The highest BCUT2D eigenvalue weighted by Gasteiger charge is 2.35. The van der Waals surface area contributed by atoms with Crippen molar-refractivity contribution in [2.75, 3.05) is 39.5 Å². The van der Waals surface area contributed by atoms with Crippen LogP contribution in [0, 0.1) is 5.92 Å². The van der Waals surface area contributed by atoms with E-state index in [1.165, 1.54) is 0 Å². The summed E-state index contributed by atoms with van der Waals surface area (Å²) < 4.78 is 16.0. The zero-order chi connectivity index (χ0) is 23.8. The number of urea groups is 1. The van der Waals surface area contributed by atoms with Crippen LogP contribution in [0.2, 0.25) is 0 Å². The first kappa shape index (κ1) is 24.6. The van der Waals surface area contributed by atoms with Crippen LogP contribution in [-0.4, -0.2) is 62.3 Å². The lowest BCUT2D eigenvalue weighted by molar-refractivity contribution is -0.149. The van der Waals surface area contributed by atoms with Gasteiger partial charge in [-0.2, -0.15) is 0 Å². The molecule has 0 aliphatic carbocycles. The first-order chi connectivity index (χ1) is 16.0. The number of likely N-dealkylation sites (tertiary alicyclic amines) is 1. The van der Waals surface area contributed by atoms with E-state index in [1.54, 1.807) is 13.8 Å². The molecule has 33 heavy (non-hydrogen) atoms. The molecule has 3 rings (SSSR count). The summed E-state index contributed by atoms with van der Waals surface area (Å²) in [4.78, 5) is 39.6. The lowest BCUT2D eigenvalue weighted by Crippen LogP contribution is -2.49. The van der Waals surface area contributed by atoms with Crippen LogP contribution < -0.4 is 15.4 Å². The fourth-order valence-electron chi connectivity index (χ4n) is 4.18. The molecule has 0 spiro atoms. The fraction of sp³-hybridized carbons (Fsp3) is 0.542. The Morgan fingerprint density at radius 3 is 2.27 bits per heavy atom. The van der Waals surface area contributed by atoms with Crippen LogP contribution >= 0.6 is 0 Å². The minimum Gasteiger partial charge on any atom is -0.494 e. The van der Waals surface area contributed by atoms with Crippen LogP contribution in [0.1, 0.15) is 45.2 Å². The molecule has 2 aliphatic rings. The van der Waals surface area contributed by atoms with Gasteiger partial charge in [-0.3, -0.25) is 9.69 Å². The van der Waals surface area contributed by atoms with Crippen molar-refractivity contribution in [1.82, 2.24) is 15.5 Å². The van der Waals surface area contributed by atoms with Gasteiger partial charge in [0.25, 0.3) is 0 Å². The van der Waals surface area contributed by atoms with Crippen molar-refractivity contribution in [1.29, 1.82) is 0 Å². The highest BCUT2D eigenvalue weighted by molar-refractivity contribution is 5.95. The van der Waals surface area contributed by atoms with E-state index in [0.29, 0.717) is 62.7 Å². The number of piperidine rings is 1. The third-order valence-corrected chi connectivity index (χ3v) is 5.76. The molecule has 2 N–H and O–H groups in total. The Labute approximate surface area is 194 Å². The first-order valence-electron chi connectivity index (χ1n) is 11.6. The summed E-state index contributed by atoms with van der Waals surface area (Å²) in [5.41, 5.74) is 1.66. The molecule has 2 aliphatic heterocycles. The van der Waals surface area contributed by atoms with Crippen molar-refractivity contribution in [3.63, 3.8) is 0 Å². The number of carbonyl (C=O) groups excluding carboxylic acids is 3. The van der Waals surface area contributed by atoms with Gasteiger partial charge in [-0.1, -0.05) is 12.1 Å². The summed E-state index contributed by atoms with van der Waals surface area (Å²) in [6, 6.07) is 6.29. The standard InChI is InChI=1S/C24H33N3O6/c1-4-31-18-9-7-16(8-10-18)21-20(23(29)33-6-3)19(25-24(30)26-21)15-27-13-11-17(12-14-27)22(28)32-5-2/h7-10,17,21H,4-6,11-15H2,1-3H3,(H2,25,26,30)/t21-/m0/s1. The summed E-state index contributed by atoms with van der Waals surface area (Å²) in [5, 5.41) is 5.66. The number of rotatable bonds is 9. The maximum atomic E-state index is 12.9. The normalized spacial score (nSPS) is 19.5. The van der Waals surface area contributed by atoms with Crippen molar-refractivity contribution in [2.45, 2.75) is 39.7 Å². The molecule has 1 aromatic rings. The number of hydrogen-bond acceptors (Lipinski definition) is 7. The second-order valence-corrected chi connectivity index (χ2v) is 7.95. The topological polar surface area (TPSA) is 106 Å². The Kier molecular flexibility index (Phi) is 8.71. The molecule has 180 valence electrons. The summed E-state index contributed by atoms with van der Waals surface area (Å²) in [6.07, 6.45) is 1.35. The molecule has 0 unspecified atom stereocenters. The van der Waals surface area contributed by atoms with Crippen molar-refractivity contribution in [3.8, 4) is 5.75 Å². The second kappa shape index (κ2) is 11.7. The number of nitrogens with one attached hydrogen (secondary N) is 2. The van der Waals surface area contributed by atoms with Gasteiger partial charge in [-0.25, -0.2) is 9.59 Å². The van der Waals surface area contributed by atoms with Gasteiger partial charge < -0.3 is 24.8 Å². The maximum absolute atomic E-state index is 12.9. The van der Waals surface area contributed by atoms with E-state index in [1.807, 2.05) is 31.2 Å². The van der Waals surface area contributed by atoms with E-state index < -0.39 is 12.0 Å². The fourth-order valence-corrected chi connectivity index (χ4v) is 4.18. The van der Waals surface area contributed by atoms with Crippen molar-refractivity contribution in [2.24, 2.45) is 5.92 Å². The van der Waals surface area contributed by atoms with Crippen LogP contribution in [0.3, 0.4) is 0 Å². The lowest BCUT2D eigenvalue weighted by atomic mass is 9.93. The van der Waals surface area contributed by atoms with Gasteiger partial charge >= 0.3 is 18.0 Å². The van der Waals surface area contributed by atoms with Crippen LogP contribution in [0.25, 0.3) is 0 Å². The van der Waals surface area contributed by atoms with Crippen molar-refractivity contribution < 1.29 is 28.6 Å². The molecule has 9 heteroatoms. The molecule has 0 saturated carbocycles. The number of nitrogens with zero attached hydrogens (tertiary/aromatic N) is 1. The maximum Gasteiger partial charge on any atom is 0.338 e. The van der Waals surface area contributed by atoms with Crippen LogP contribution in [-0.2, 0) is 19.1 Å². The van der Waals surface area contributed by atoms with E-state index in [4.69, 9.17) is 14.2 Å². The van der Waals surface area contributed by atoms with Gasteiger partial charge in [0, 0.05) is 12.2 Å². The number of esters is 2. The summed E-state index contributed by atoms with van der Waals surface area (Å²) in [7, 11) is 0. The van der Waals surface area contributed by atoms with Crippen molar-refractivity contribution >= 4 is 18.0 Å². The molecule has 0 bridgehead atoms. The van der Waals surface area contributed by atoms with E-state index in [2.05, 4.69) is 15.5 Å². The Morgan fingerprint density at radius 1 is 1.00 bits per heavy atom. The number of hydrogen-bond donors (Lipinski definition) is 2. The minimum absolute atomic E-state index is 0.112. The average Bonchev–Trinajstić information content (AvgIpc) is 2.80. The van der Waals surface area contributed by atoms with Gasteiger partial charge in [-0.15, -0.1) is 0 Å². The van der Waals surface area contributed by atoms with Gasteiger partial charge in [0.2, 0.25) is 0 Å². The first-order valence-corrected chi connectivity index (χ1v) is 11.6. The molecule has 1 atom stereocenters. The average molecular weight is 460 g/mol. The lowest BCUT2D eigenvalue weighted by Gasteiger charge is -2.35. The van der Waals surface area contributed by atoms with E-state index >= 15 is 0 Å². The molecule has 2 heterocycles. The summed E-state index contributed by atoms with van der Waals surface area (Å²) in [6.45, 7) is 8.32. The van der Waals surface area contributed by atoms with Gasteiger partial charge in [-0.05, 0) is 64.4 Å². The smallest absolute Gasteiger partial charge is 0.338 e. The molecule has 0 radical (unpaired) electrons. The molecule has 1 aromatic carbocycles. The number of amides is 2. The Morgan fingerprint density at radius 2 is 1.67 bits per heavy atom. The van der Waals surface area contributed by atoms with E-state index in [9.17, 15) is 14.4 Å². The quantitative estimate of drug-likeness (QED) is 0.547. The Hall–Kier alpha value is -3.07. The SMILES string of the molecule is CCOC(=O)C1=C(CN2CCC(C(=O)OCC)CC2)NC(=O)N[C@H]1c1ccc(OCC)cc1. The highest BCUT2D eigenvalue weighted by atomic mass is 16.5. The van der Waals surface area contributed by atoms with Gasteiger partial charge in [0.1, 0.15) is 5.75 Å². The third kappa shape index (κ3) is 6.25. The monoisotopic (exact) mass is 459 g/mol. The predicted octanol–water partition coefficient (Wildman–Crippen LogP) is 2.53. The zero-order valence-corrected chi connectivity index (χ0v) is 19.5. The summed E-state index contributed by atoms with van der Waals surface area (Å²) >= 11 is 0. The molecular weight excluding hydrogens is 426 g/mol. The Balaban J connectivity index is 1.82. The van der Waals surface area contributed by atoms with Crippen LogP contribution in [0.4, 0.5) is 4.79 Å². The second-order valence-electron chi connectivity index (χ2n) is 7.95. The number of carbonyl (C=O) groups is 3. The molecule has 2 amide bonds. The molecule has 1 saturated heterocycles. The molecular formula is C24H33N3O6. The van der Waals surface area contributed by atoms with Gasteiger partial charge in [0.05, 0.1) is 37.4 Å². The van der Waals surface area contributed by atoms with Crippen LogP contribution in [0.5, 0.6) is 5.75 Å². The third-order valence-electron chi connectivity index (χ3n) is 5.76. The Bertz CT molecular complexity index is 875. The van der Waals surface area contributed by atoms with E-state index in [0.717, 1.165) is 5.56 Å². The zero-order valence-electron chi connectivity index (χ0n) is 19.5. The number of benzene rings is 1. The van der Waals surface area contributed by atoms with Crippen molar-refractivity contribution in [3.05, 3.63) is 41.1 Å². The molecule has 0 aromatic heterocycles. The minimum atomic E-state index is -0.638. The van der Waals surface area contributed by atoms with Gasteiger partial charge in [0.15, 0.2) is 0 Å². The molecule has 1 fully saturated rings.